The first-order valence-corrected chi connectivity index (χ1v) is 7.59. The number of nitrogens with one attached hydrogen (secondary N) is 3. The zero-order valence-electron chi connectivity index (χ0n) is 13.0. The van der Waals surface area contributed by atoms with Crippen LogP contribution >= 0.6 is 0 Å². The van der Waals surface area contributed by atoms with Crippen LogP contribution in [-0.2, 0) is 11.3 Å². The van der Waals surface area contributed by atoms with E-state index >= 15 is 0 Å². The van der Waals surface area contributed by atoms with E-state index in [4.69, 9.17) is 5.11 Å². The molecule has 0 aliphatic rings. The SMILES string of the molecule is O=C(CO)Nc1cccc(NCc2cc(-c3ccccc3)n[nH]2)c1. The number of rotatable bonds is 6. The van der Waals surface area contributed by atoms with Crippen LogP contribution in [0.25, 0.3) is 11.3 Å². The minimum absolute atomic E-state index is 0.437. The quantitative estimate of drug-likeness (QED) is 0.561. The summed E-state index contributed by atoms with van der Waals surface area (Å²) in [7, 11) is 0. The van der Waals surface area contributed by atoms with Crippen LogP contribution in [0.1, 0.15) is 5.69 Å². The van der Waals surface area contributed by atoms with Gasteiger partial charge in [-0.05, 0) is 24.3 Å². The van der Waals surface area contributed by atoms with Gasteiger partial charge < -0.3 is 15.7 Å². The van der Waals surface area contributed by atoms with E-state index in [-0.39, 0.29) is 0 Å². The molecule has 4 N–H and O–H groups in total. The molecule has 0 aliphatic heterocycles. The van der Waals surface area contributed by atoms with E-state index in [1.54, 1.807) is 6.07 Å². The highest BCUT2D eigenvalue weighted by Crippen LogP contribution is 2.19. The van der Waals surface area contributed by atoms with Gasteiger partial charge in [0.1, 0.15) is 6.61 Å². The molecule has 0 unspecified atom stereocenters. The van der Waals surface area contributed by atoms with Crippen LogP contribution in [-0.4, -0.2) is 27.8 Å². The van der Waals surface area contributed by atoms with Crippen molar-refractivity contribution in [1.29, 1.82) is 0 Å². The number of aromatic amines is 1. The number of carbonyl (C=O) groups excluding carboxylic acids is 1. The number of nitrogens with zero attached hydrogens (tertiary/aromatic N) is 1. The van der Waals surface area contributed by atoms with Gasteiger partial charge in [0, 0.05) is 16.9 Å². The highest BCUT2D eigenvalue weighted by atomic mass is 16.3. The lowest BCUT2D eigenvalue weighted by molar-refractivity contribution is -0.118. The summed E-state index contributed by atoms with van der Waals surface area (Å²) in [6.45, 7) is 0.0469. The van der Waals surface area contributed by atoms with Crippen molar-refractivity contribution in [3.05, 3.63) is 66.4 Å². The monoisotopic (exact) mass is 322 g/mol. The Morgan fingerprint density at radius 1 is 1.04 bits per heavy atom. The highest BCUT2D eigenvalue weighted by Gasteiger charge is 2.04. The smallest absolute Gasteiger partial charge is 0.250 e. The van der Waals surface area contributed by atoms with Crippen molar-refractivity contribution in [2.24, 2.45) is 0 Å². The van der Waals surface area contributed by atoms with Crippen molar-refractivity contribution in [3.8, 4) is 11.3 Å². The van der Waals surface area contributed by atoms with E-state index in [9.17, 15) is 4.79 Å². The average Bonchev–Trinajstić information content (AvgIpc) is 3.10. The third kappa shape index (κ3) is 3.99. The van der Waals surface area contributed by atoms with E-state index in [1.165, 1.54) is 0 Å². The van der Waals surface area contributed by atoms with Gasteiger partial charge in [-0.2, -0.15) is 5.10 Å². The first kappa shape index (κ1) is 15.8. The Morgan fingerprint density at radius 3 is 2.62 bits per heavy atom. The molecule has 0 fully saturated rings. The van der Waals surface area contributed by atoms with Crippen molar-refractivity contribution < 1.29 is 9.90 Å². The lowest BCUT2D eigenvalue weighted by Crippen LogP contribution is -2.15. The zero-order valence-corrected chi connectivity index (χ0v) is 13.0. The summed E-state index contributed by atoms with van der Waals surface area (Å²) < 4.78 is 0. The third-order valence-electron chi connectivity index (χ3n) is 3.47. The molecule has 0 aliphatic carbocycles. The number of aromatic nitrogens is 2. The molecule has 0 atom stereocenters. The van der Waals surface area contributed by atoms with Crippen LogP contribution < -0.4 is 10.6 Å². The topological polar surface area (TPSA) is 90.0 Å². The lowest BCUT2D eigenvalue weighted by atomic mass is 10.1. The van der Waals surface area contributed by atoms with Crippen LogP contribution in [0.4, 0.5) is 11.4 Å². The van der Waals surface area contributed by atoms with Crippen LogP contribution in [0.2, 0.25) is 0 Å². The molecule has 1 heterocycles. The molecule has 3 rings (SSSR count). The predicted octanol–water partition coefficient (Wildman–Crippen LogP) is 2.62. The molecule has 122 valence electrons. The number of carbonyl (C=O) groups is 1. The molecule has 0 radical (unpaired) electrons. The van der Waals surface area contributed by atoms with Crippen LogP contribution in [0.3, 0.4) is 0 Å². The second-order valence-corrected chi connectivity index (χ2v) is 5.29. The number of anilines is 2. The largest absolute Gasteiger partial charge is 0.387 e. The number of hydrogen-bond donors (Lipinski definition) is 4. The fourth-order valence-electron chi connectivity index (χ4n) is 2.31. The molecule has 24 heavy (non-hydrogen) atoms. The van der Waals surface area contributed by atoms with Gasteiger partial charge >= 0.3 is 0 Å². The summed E-state index contributed by atoms with van der Waals surface area (Å²) >= 11 is 0. The number of amides is 1. The van der Waals surface area contributed by atoms with Crippen molar-refractivity contribution in [2.75, 3.05) is 17.2 Å². The number of benzene rings is 2. The molecule has 3 aromatic rings. The van der Waals surface area contributed by atoms with Crippen molar-refractivity contribution in [3.63, 3.8) is 0 Å². The maximum Gasteiger partial charge on any atom is 0.250 e. The third-order valence-corrected chi connectivity index (χ3v) is 3.47. The number of aliphatic hydroxyl groups is 1. The van der Waals surface area contributed by atoms with Crippen molar-refractivity contribution in [1.82, 2.24) is 10.2 Å². The van der Waals surface area contributed by atoms with Gasteiger partial charge in [0.15, 0.2) is 0 Å². The van der Waals surface area contributed by atoms with E-state index in [1.807, 2.05) is 54.6 Å². The van der Waals surface area contributed by atoms with Crippen LogP contribution in [0.15, 0.2) is 60.7 Å². The lowest BCUT2D eigenvalue weighted by Gasteiger charge is -2.08. The molecular formula is C18H18N4O2. The summed E-state index contributed by atoms with van der Waals surface area (Å²) in [5.41, 5.74) is 4.42. The number of hydrogen-bond acceptors (Lipinski definition) is 4. The fraction of sp³-hybridized carbons (Fsp3) is 0.111. The zero-order chi connectivity index (χ0) is 16.8. The minimum Gasteiger partial charge on any atom is -0.387 e. The van der Waals surface area contributed by atoms with Crippen molar-refractivity contribution in [2.45, 2.75) is 6.54 Å². The molecule has 0 spiro atoms. The molecule has 1 aromatic heterocycles. The predicted molar refractivity (Wildman–Crippen MR) is 93.5 cm³/mol. The summed E-state index contributed by atoms with van der Waals surface area (Å²) in [4.78, 5) is 11.2. The Balaban J connectivity index is 1.63. The number of H-pyrrole nitrogens is 1. The molecular weight excluding hydrogens is 304 g/mol. The Morgan fingerprint density at radius 2 is 1.83 bits per heavy atom. The number of aliphatic hydroxyl groups excluding tert-OH is 1. The Bertz CT molecular complexity index is 815. The summed E-state index contributed by atoms with van der Waals surface area (Å²) in [5, 5.41) is 22.0. The van der Waals surface area contributed by atoms with Gasteiger partial charge in [0.05, 0.1) is 17.9 Å². The van der Waals surface area contributed by atoms with Crippen LogP contribution in [0.5, 0.6) is 0 Å². The average molecular weight is 322 g/mol. The summed E-state index contributed by atoms with van der Waals surface area (Å²) in [5.74, 6) is -0.437. The minimum atomic E-state index is -0.534. The maximum atomic E-state index is 11.2. The van der Waals surface area contributed by atoms with Gasteiger partial charge in [-0.1, -0.05) is 36.4 Å². The summed E-state index contributed by atoms with van der Waals surface area (Å²) in [6, 6.07) is 19.3. The van der Waals surface area contributed by atoms with Gasteiger partial charge in [-0.15, -0.1) is 0 Å². The first-order valence-electron chi connectivity index (χ1n) is 7.59. The van der Waals surface area contributed by atoms with Gasteiger partial charge in [-0.3, -0.25) is 9.89 Å². The molecule has 0 bridgehead atoms. The molecule has 0 saturated carbocycles. The molecule has 6 heteroatoms. The van der Waals surface area contributed by atoms with E-state index < -0.39 is 12.5 Å². The highest BCUT2D eigenvalue weighted by molar-refractivity contribution is 5.91. The second-order valence-electron chi connectivity index (χ2n) is 5.29. The van der Waals surface area contributed by atoms with Crippen LogP contribution in [0, 0.1) is 0 Å². The van der Waals surface area contributed by atoms with Gasteiger partial charge in [0.25, 0.3) is 0 Å². The first-order chi connectivity index (χ1) is 11.7. The maximum absolute atomic E-state index is 11.2. The Kier molecular flexibility index (Phi) is 4.88. The Hall–Kier alpha value is -3.12. The normalized spacial score (nSPS) is 10.4. The van der Waals surface area contributed by atoms with E-state index in [2.05, 4.69) is 20.8 Å². The Labute approximate surface area is 139 Å². The molecule has 6 nitrogen and oxygen atoms in total. The summed E-state index contributed by atoms with van der Waals surface area (Å²) in [6.07, 6.45) is 0. The van der Waals surface area contributed by atoms with Crippen molar-refractivity contribution >= 4 is 17.3 Å². The van der Waals surface area contributed by atoms with E-state index in [0.717, 1.165) is 22.6 Å². The van der Waals surface area contributed by atoms with Gasteiger partial charge in [-0.25, -0.2) is 0 Å². The molecule has 0 saturated heterocycles. The molecule has 2 aromatic carbocycles. The molecule has 1 amide bonds. The standard InChI is InChI=1S/C18H18N4O2/c23-12-18(24)20-15-8-4-7-14(9-15)19-11-16-10-17(22-21-16)13-5-2-1-3-6-13/h1-10,19,23H,11-12H2,(H,20,24)(H,21,22). The van der Waals surface area contributed by atoms with E-state index in [0.29, 0.717) is 12.2 Å². The second kappa shape index (κ2) is 7.43. The van der Waals surface area contributed by atoms with Gasteiger partial charge in [0.2, 0.25) is 5.91 Å². The fourth-order valence-corrected chi connectivity index (χ4v) is 2.31.